The highest BCUT2D eigenvalue weighted by atomic mass is 32.2. The van der Waals surface area contributed by atoms with Crippen molar-refractivity contribution in [3.05, 3.63) is 39.9 Å². The molecule has 0 saturated carbocycles. The number of benzene rings is 1. The largest absolute Gasteiger partial charge is 0.272 e. The highest BCUT2D eigenvalue weighted by Crippen LogP contribution is 2.18. The minimum atomic E-state index is -3.50. The maximum atomic E-state index is 10.7. The van der Waals surface area contributed by atoms with Gasteiger partial charge in [-0.05, 0) is 0 Å². The molecule has 88 valence electrons. The number of nitrogens with zero attached hydrogens (tertiary/aromatic N) is 1. The van der Waals surface area contributed by atoms with Gasteiger partial charge in [-0.15, -0.1) is 0 Å². The molecule has 0 aliphatic rings. The van der Waals surface area contributed by atoms with E-state index in [4.69, 9.17) is 0 Å². The van der Waals surface area contributed by atoms with Gasteiger partial charge >= 0.3 is 0 Å². The van der Waals surface area contributed by atoms with Gasteiger partial charge in [-0.3, -0.25) is 14.3 Å². The number of para-hydroxylation sites is 1. The van der Waals surface area contributed by atoms with E-state index in [1.807, 2.05) is 0 Å². The molecule has 7 heteroatoms. The first-order chi connectivity index (χ1) is 7.40. The first-order valence-electron chi connectivity index (χ1n) is 4.47. The Balaban J connectivity index is 2.71. The van der Waals surface area contributed by atoms with Gasteiger partial charge < -0.3 is 0 Å². The molecule has 0 N–H and O–H groups in total. The summed E-state index contributed by atoms with van der Waals surface area (Å²) in [4.78, 5) is 10.1. The molecule has 0 atom stereocenters. The summed E-state index contributed by atoms with van der Waals surface area (Å²) in [6, 6.07) is 6.15. The van der Waals surface area contributed by atoms with E-state index in [0.717, 1.165) is 6.26 Å². The van der Waals surface area contributed by atoms with Crippen LogP contribution in [0, 0.1) is 10.1 Å². The van der Waals surface area contributed by atoms with Gasteiger partial charge in [-0.1, -0.05) is 18.2 Å². The van der Waals surface area contributed by atoms with Crippen molar-refractivity contribution in [3.63, 3.8) is 0 Å². The molecule has 0 aliphatic heterocycles. The monoisotopic (exact) mass is 245 g/mol. The fraction of sp³-hybridized carbons (Fsp3) is 0.333. The molecule has 0 unspecified atom stereocenters. The van der Waals surface area contributed by atoms with Gasteiger partial charge in [0.1, 0.15) is 0 Å². The highest BCUT2D eigenvalue weighted by Gasteiger charge is 2.12. The minimum absolute atomic E-state index is 0.0281. The van der Waals surface area contributed by atoms with E-state index in [9.17, 15) is 18.5 Å². The molecule has 6 nitrogen and oxygen atoms in total. The van der Waals surface area contributed by atoms with Crippen molar-refractivity contribution in [2.45, 2.75) is 6.42 Å². The molecule has 0 aliphatic carbocycles. The lowest BCUT2D eigenvalue weighted by molar-refractivity contribution is -0.385. The smallest absolute Gasteiger partial charge is 0.270 e. The number of nitro groups is 1. The van der Waals surface area contributed by atoms with Gasteiger partial charge in [-0.25, -0.2) is 0 Å². The van der Waals surface area contributed by atoms with Crippen molar-refractivity contribution in [1.29, 1.82) is 0 Å². The summed E-state index contributed by atoms with van der Waals surface area (Å²) in [6.07, 6.45) is 1.12. The van der Waals surface area contributed by atoms with Crippen molar-refractivity contribution in [2.75, 3.05) is 12.9 Å². The first kappa shape index (κ1) is 12.6. The third-order valence-electron chi connectivity index (χ3n) is 1.86. The van der Waals surface area contributed by atoms with Crippen LogP contribution in [0.3, 0.4) is 0 Å². The summed E-state index contributed by atoms with van der Waals surface area (Å²) in [5.41, 5.74) is 0.427. The summed E-state index contributed by atoms with van der Waals surface area (Å²) in [5, 5.41) is 10.6. The second-order valence-electron chi connectivity index (χ2n) is 3.16. The second kappa shape index (κ2) is 5.04. The van der Waals surface area contributed by atoms with Crippen molar-refractivity contribution in [3.8, 4) is 0 Å². The standard InChI is InChI=1S/C9H11NO5S/c1-16(13,14)15-7-6-8-4-2-3-5-9(8)10(11)12/h2-5H,6-7H2,1H3. The third-order valence-corrected chi connectivity index (χ3v) is 2.45. The fourth-order valence-electron chi connectivity index (χ4n) is 1.20. The Bertz CT molecular complexity index is 482. The predicted molar refractivity (Wildman–Crippen MR) is 57.6 cm³/mol. The normalized spacial score (nSPS) is 11.3. The lowest BCUT2D eigenvalue weighted by Crippen LogP contribution is -2.07. The summed E-state index contributed by atoms with van der Waals surface area (Å²) >= 11 is 0. The molecule has 0 spiro atoms. The molecule has 0 fully saturated rings. The zero-order valence-electron chi connectivity index (χ0n) is 8.62. The Morgan fingerprint density at radius 3 is 2.56 bits per heavy atom. The lowest BCUT2D eigenvalue weighted by Gasteiger charge is -2.02. The topological polar surface area (TPSA) is 86.5 Å². The fourth-order valence-corrected chi connectivity index (χ4v) is 1.59. The van der Waals surface area contributed by atoms with Crippen molar-refractivity contribution >= 4 is 15.8 Å². The molecular formula is C9H11NO5S. The van der Waals surface area contributed by atoms with Crippen LogP contribution in [0.25, 0.3) is 0 Å². The zero-order valence-corrected chi connectivity index (χ0v) is 9.44. The van der Waals surface area contributed by atoms with Gasteiger partial charge in [-0.2, -0.15) is 8.42 Å². The van der Waals surface area contributed by atoms with Gasteiger partial charge in [0.05, 0.1) is 17.8 Å². The van der Waals surface area contributed by atoms with Crippen LogP contribution in [0.1, 0.15) is 5.56 Å². The molecule has 0 amide bonds. The number of nitro benzene ring substituents is 1. The van der Waals surface area contributed by atoms with Crippen molar-refractivity contribution in [2.24, 2.45) is 0 Å². The molecule has 1 aromatic carbocycles. The zero-order chi connectivity index (χ0) is 12.2. The van der Waals surface area contributed by atoms with E-state index in [1.165, 1.54) is 6.07 Å². The highest BCUT2D eigenvalue weighted by molar-refractivity contribution is 7.85. The maximum Gasteiger partial charge on any atom is 0.272 e. The molecule has 0 heterocycles. The molecule has 0 aromatic heterocycles. The summed E-state index contributed by atoms with van der Waals surface area (Å²) < 4.78 is 25.9. The number of hydrogen-bond acceptors (Lipinski definition) is 5. The molecule has 16 heavy (non-hydrogen) atoms. The maximum absolute atomic E-state index is 10.7. The Kier molecular flexibility index (Phi) is 3.97. The Morgan fingerprint density at radius 1 is 1.38 bits per heavy atom. The molecule has 1 aromatic rings. The van der Waals surface area contributed by atoms with Crippen LogP contribution in [0.2, 0.25) is 0 Å². The average molecular weight is 245 g/mol. The van der Waals surface area contributed by atoms with Gasteiger partial charge in [0.15, 0.2) is 0 Å². The van der Waals surface area contributed by atoms with Crippen LogP contribution in [-0.4, -0.2) is 26.2 Å². The minimum Gasteiger partial charge on any atom is -0.270 e. The van der Waals surface area contributed by atoms with E-state index in [0.29, 0.717) is 5.56 Å². The number of hydrogen-bond donors (Lipinski definition) is 0. The first-order valence-corrected chi connectivity index (χ1v) is 6.28. The van der Waals surface area contributed by atoms with Gasteiger partial charge in [0.25, 0.3) is 15.8 Å². The van der Waals surface area contributed by atoms with E-state index >= 15 is 0 Å². The van der Waals surface area contributed by atoms with Crippen LogP contribution in [0.15, 0.2) is 24.3 Å². The van der Waals surface area contributed by atoms with Crippen molar-refractivity contribution in [1.82, 2.24) is 0 Å². The van der Waals surface area contributed by atoms with Gasteiger partial charge in [0, 0.05) is 18.1 Å². The quantitative estimate of drug-likeness (QED) is 0.440. The van der Waals surface area contributed by atoms with Crippen LogP contribution >= 0.6 is 0 Å². The Labute approximate surface area is 93.1 Å². The van der Waals surface area contributed by atoms with E-state index in [1.54, 1.807) is 18.2 Å². The Hall–Kier alpha value is -1.47. The van der Waals surface area contributed by atoms with E-state index < -0.39 is 15.0 Å². The van der Waals surface area contributed by atoms with Gasteiger partial charge in [0.2, 0.25) is 0 Å². The van der Waals surface area contributed by atoms with Crippen LogP contribution in [0.4, 0.5) is 5.69 Å². The molecular weight excluding hydrogens is 234 g/mol. The van der Waals surface area contributed by atoms with E-state index in [2.05, 4.69) is 4.18 Å². The molecule has 0 saturated heterocycles. The van der Waals surface area contributed by atoms with E-state index in [-0.39, 0.29) is 18.7 Å². The third kappa shape index (κ3) is 3.95. The van der Waals surface area contributed by atoms with Crippen molar-refractivity contribution < 1.29 is 17.5 Å². The van der Waals surface area contributed by atoms with Crippen LogP contribution in [-0.2, 0) is 20.7 Å². The lowest BCUT2D eigenvalue weighted by atomic mass is 10.1. The average Bonchev–Trinajstić information content (AvgIpc) is 2.16. The summed E-state index contributed by atoms with van der Waals surface area (Å²) in [7, 11) is -3.50. The molecule has 1 rings (SSSR count). The summed E-state index contributed by atoms with van der Waals surface area (Å²) in [5.74, 6) is 0. The SMILES string of the molecule is CS(=O)(=O)OCCc1ccccc1[N+](=O)[O-]. The van der Waals surface area contributed by atoms with Crippen LogP contribution < -0.4 is 0 Å². The van der Waals surface area contributed by atoms with Crippen LogP contribution in [0.5, 0.6) is 0 Å². The molecule has 0 bridgehead atoms. The molecule has 0 radical (unpaired) electrons. The second-order valence-corrected chi connectivity index (χ2v) is 4.81. The summed E-state index contributed by atoms with van der Waals surface area (Å²) in [6.45, 7) is -0.0936. The predicted octanol–water partition coefficient (Wildman–Crippen LogP) is 1.11. The Morgan fingerprint density at radius 2 is 2.00 bits per heavy atom. The number of rotatable bonds is 5.